The number of carbonyl (C=O) groups excluding carboxylic acids is 1. The summed E-state index contributed by atoms with van der Waals surface area (Å²) in [4.78, 5) is 13.0. The lowest BCUT2D eigenvalue weighted by Crippen LogP contribution is -2.38. The van der Waals surface area contributed by atoms with Crippen molar-refractivity contribution in [3.05, 3.63) is 58.9 Å². The summed E-state index contributed by atoms with van der Waals surface area (Å²) in [7, 11) is -1.44. The maximum absolute atomic E-state index is 13.6. The number of nitrogens with zero attached hydrogens (tertiary/aromatic N) is 1. The lowest BCUT2D eigenvalue weighted by Gasteiger charge is -2.24. The van der Waals surface area contributed by atoms with Crippen molar-refractivity contribution in [1.29, 1.82) is 0 Å². The molecule has 0 heterocycles. The van der Waals surface area contributed by atoms with Crippen LogP contribution in [-0.4, -0.2) is 38.6 Å². The van der Waals surface area contributed by atoms with Crippen LogP contribution in [0.2, 0.25) is 0 Å². The van der Waals surface area contributed by atoms with Gasteiger partial charge in [0, 0.05) is 17.2 Å². The van der Waals surface area contributed by atoms with Gasteiger partial charge in [0.25, 0.3) is 5.91 Å². The Hall–Kier alpha value is -2.82. The monoisotopic (exact) mass is 463 g/mol. The molecule has 0 unspecified atom stereocenters. The number of ether oxygens (including phenoxy) is 2. The largest absolute Gasteiger partial charge is 0.497 e. The van der Waals surface area contributed by atoms with E-state index in [2.05, 4.69) is 0 Å². The molecule has 0 fully saturated rings. The Morgan fingerprint density at radius 1 is 1.06 bits per heavy atom. The Morgan fingerprint density at radius 2 is 1.74 bits per heavy atom. The van der Waals surface area contributed by atoms with E-state index >= 15 is 0 Å². The summed E-state index contributed by atoms with van der Waals surface area (Å²) in [6.45, 7) is 1.08. The summed E-state index contributed by atoms with van der Waals surface area (Å²) in [5, 5.41) is 0. The summed E-state index contributed by atoms with van der Waals surface area (Å²) in [5.41, 5.74) is -1.98. The molecule has 0 N–H and O–H groups in total. The second-order valence-electron chi connectivity index (χ2n) is 6.50. The van der Waals surface area contributed by atoms with E-state index < -0.39 is 51.3 Å². The fourth-order valence-electron chi connectivity index (χ4n) is 2.82. The minimum atomic E-state index is -5.05. The number of amides is 1. The first-order valence-electron chi connectivity index (χ1n) is 9.07. The molecule has 170 valence electrons. The molecule has 6 nitrogen and oxygen atoms in total. The predicted molar refractivity (Wildman–Crippen MR) is 105 cm³/mol. The van der Waals surface area contributed by atoms with Crippen molar-refractivity contribution in [3.8, 4) is 11.5 Å². The van der Waals surface area contributed by atoms with E-state index in [0.717, 1.165) is 6.07 Å². The molecule has 0 spiro atoms. The Bertz CT molecular complexity index is 1050. The molecule has 0 aliphatic carbocycles. The molecule has 11 heteroatoms. The third kappa shape index (κ3) is 5.66. The van der Waals surface area contributed by atoms with E-state index in [0.29, 0.717) is 22.2 Å². The van der Waals surface area contributed by atoms with Crippen LogP contribution in [0.5, 0.6) is 11.5 Å². The molecule has 0 atom stereocenters. The smallest absolute Gasteiger partial charge is 0.419 e. The highest BCUT2D eigenvalue weighted by molar-refractivity contribution is 7.89. The Labute approximate surface area is 177 Å². The molecular formula is C20H21F4NO5S. The molecule has 0 saturated heterocycles. The topological polar surface area (TPSA) is 72.9 Å². The fraction of sp³-hybridized carbons (Fsp3) is 0.350. The second-order valence-corrected chi connectivity index (χ2v) is 8.51. The molecular weight excluding hydrogens is 442 g/mol. The van der Waals surface area contributed by atoms with Crippen molar-refractivity contribution in [2.75, 3.05) is 20.0 Å². The van der Waals surface area contributed by atoms with Crippen LogP contribution in [0.15, 0.2) is 36.4 Å². The molecule has 0 aliphatic heterocycles. The Balaban J connectivity index is 2.55. The summed E-state index contributed by atoms with van der Waals surface area (Å²) < 4.78 is 89.1. The molecule has 0 bridgehead atoms. The highest BCUT2D eigenvalue weighted by Crippen LogP contribution is 2.33. The van der Waals surface area contributed by atoms with Crippen LogP contribution in [-0.2, 0) is 22.7 Å². The Kier molecular flexibility index (Phi) is 7.53. The van der Waals surface area contributed by atoms with E-state index in [1.807, 2.05) is 0 Å². The van der Waals surface area contributed by atoms with Crippen LogP contribution in [0.25, 0.3) is 0 Å². The second kappa shape index (κ2) is 9.54. The van der Waals surface area contributed by atoms with Gasteiger partial charge in [-0.05, 0) is 36.8 Å². The molecule has 0 saturated carbocycles. The number of hydrogen-bond acceptors (Lipinski definition) is 5. The number of alkyl halides is 3. The zero-order valence-electron chi connectivity index (χ0n) is 17.0. The van der Waals surface area contributed by atoms with Gasteiger partial charge in [-0.2, -0.15) is 13.2 Å². The summed E-state index contributed by atoms with van der Waals surface area (Å²) >= 11 is 0. The van der Waals surface area contributed by atoms with Gasteiger partial charge in [0.1, 0.15) is 17.3 Å². The van der Waals surface area contributed by atoms with Crippen molar-refractivity contribution >= 4 is 15.9 Å². The first-order chi connectivity index (χ1) is 14.4. The van der Waals surface area contributed by atoms with Crippen molar-refractivity contribution in [2.24, 2.45) is 0 Å². The molecule has 0 aliphatic rings. The Morgan fingerprint density at radius 3 is 2.29 bits per heavy atom. The number of rotatable bonds is 8. The number of benzene rings is 2. The van der Waals surface area contributed by atoms with Gasteiger partial charge >= 0.3 is 6.18 Å². The SMILES string of the molecule is CCCS(=O)(=O)N(Cc1ccc(OC)cc1OC)C(=O)c1ccc(F)c(C(F)(F)F)c1. The van der Waals surface area contributed by atoms with E-state index in [4.69, 9.17) is 9.47 Å². The van der Waals surface area contributed by atoms with E-state index in [9.17, 15) is 30.8 Å². The maximum Gasteiger partial charge on any atom is 0.419 e. The van der Waals surface area contributed by atoms with Crippen molar-refractivity contribution in [3.63, 3.8) is 0 Å². The standard InChI is InChI=1S/C20H21F4NO5S/c1-4-9-31(27,28)25(12-14-5-7-15(29-2)11-18(14)30-3)19(26)13-6-8-17(21)16(10-13)20(22,23)24/h5-8,10-11H,4,9,12H2,1-3H3. The first kappa shape index (κ1) is 24.4. The van der Waals surface area contributed by atoms with Crippen molar-refractivity contribution in [2.45, 2.75) is 26.1 Å². The summed E-state index contributed by atoms with van der Waals surface area (Å²) in [5.74, 6) is -2.55. The van der Waals surface area contributed by atoms with Crippen LogP contribution >= 0.6 is 0 Å². The van der Waals surface area contributed by atoms with Crippen molar-refractivity contribution < 1.29 is 40.2 Å². The number of sulfonamides is 1. The first-order valence-corrected chi connectivity index (χ1v) is 10.7. The van der Waals surface area contributed by atoms with E-state index in [1.165, 1.54) is 32.4 Å². The molecule has 0 radical (unpaired) electrons. The highest BCUT2D eigenvalue weighted by Gasteiger charge is 2.36. The molecule has 1 amide bonds. The number of methoxy groups -OCH3 is 2. The van der Waals surface area contributed by atoms with Gasteiger partial charge < -0.3 is 9.47 Å². The summed E-state index contributed by atoms with van der Waals surface area (Å²) in [6, 6.07) is 6.07. The van der Waals surface area contributed by atoms with Gasteiger partial charge in [0.2, 0.25) is 10.0 Å². The minimum absolute atomic E-state index is 0.170. The van der Waals surface area contributed by atoms with Crippen LogP contribution in [0.1, 0.15) is 34.8 Å². The quantitative estimate of drug-likeness (QED) is 0.548. The molecule has 2 aromatic carbocycles. The normalized spacial score (nSPS) is 11.8. The third-order valence-electron chi connectivity index (χ3n) is 4.35. The maximum atomic E-state index is 13.6. The van der Waals surface area contributed by atoms with Gasteiger partial charge in [-0.25, -0.2) is 17.1 Å². The molecule has 2 aromatic rings. The van der Waals surface area contributed by atoms with Gasteiger partial charge in [0.05, 0.1) is 32.1 Å². The van der Waals surface area contributed by atoms with Gasteiger partial charge in [-0.15, -0.1) is 0 Å². The number of hydrogen-bond donors (Lipinski definition) is 0. The number of carbonyl (C=O) groups is 1. The lowest BCUT2D eigenvalue weighted by atomic mass is 10.1. The van der Waals surface area contributed by atoms with E-state index in [1.54, 1.807) is 6.92 Å². The van der Waals surface area contributed by atoms with Crippen LogP contribution in [0.4, 0.5) is 17.6 Å². The lowest BCUT2D eigenvalue weighted by molar-refractivity contribution is -0.140. The zero-order chi connectivity index (χ0) is 23.4. The average molecular weight is 463 g/mol. The van der Waals surface area contributed by atoms with Gasteiger partial charge in [-0.3, -0.25) is 4.79 Å². The predicted octanol–water partition coefficient (Wildman–Crippen LogP) is 4.24. The average Bonchev–Trinajstić information content (AvgIpc) is 2.70. The summed E-state index contributed by atoms with van der Waals surface area (Å²) in [6.07, 6.45) is -4.88. The highest BCUT2D eigenvalue weighted by atomic mass is 32.2. The fourth-order valence-corrected chi connectivity index (χ4v) is 4.25. The molecule has 2 rings (SSSR count). The van der Waals surface area contributed by atoms with Gasteiger partial charge in [-0.1, -0.05) is 6.92 Å². The van der Waals surface area contributed by atoms with Gasteiger partial charge in [0.15, 0.2) is 0 Å². The van der Waals surface area contributed by atoms with Crippen LogP contribution in [0, 0.1) is 5.82 Å². The zero-order valence-corrected chi connectivity index (χ0v) is 17.8. The third-order valence-corrected chi connectivity index (χ3v) is 6.24. The molecule has 0 aromatic heterocycles. The minimum Gasteiger partial charge on any atom is -0.497 e. The van der Waals surface area contributed by atoms with E-state index in [-0.39, 0.29) is 17.7 Å². The van der Waals surface area contributed by atoms with Crippen LogP contribution < -0.4 is 9.47 Å². The molecule has 31 heavy (non-hydrogen) atoms. The number of halogens is 4. The van der Waals surface area contributed by atoms with Crippen molar-refractivity contribution in [1.82, 2.24) is 4.31 Å². The van der Waals surface area contributed by atoms with Crippen LogP contribution in [0.3, 0.4) is 0 Å².